The van der Waals surface area contributed by atoms with E-state index in [1.54, 1.807) is 17.4 Å². The number of hydrogen-bond acceptors (Lipinski definition) is 2. The predicted octanol–water partition coefficient (Wildman–Crippen LogP) is 4.53. The number of aryl methyl sites for hydroxylation is 2. The van der Waals surface area contributed by atoms with Gasteiger partial charge in [0, 0.05) is 10.3 Å². The second kappa shape index (κ2) is 3.30. The van der Waals surface area contributed by atoms with Crippen molar-refractivity contribution in [1.82, 2.24) is 0 Å². The van der Waals surface area contributed by atoms with Crippen LogP contribution in [-0.2, 0) is 0 Å². The average molecular weight is 247 g/mol. The molecule has 1 heterocycles. The van der Waals surface area contributed by atoms with E-state index < -0.39 is 0 Å². The molecular formula is C10H8Cl2OS. The van der Waals surface area contributed by atoms with Gasteiger partial charge in [-0.1, -0.05) is 23.2 Å². The summed E-state index contributed by atoms with van der Waals surface area (Å²) in [6.07, 6.45) is 0. The first-order valence-electron chi connectivity index (χ1n) is 4.09. The Kier molecular flexibility index (Phi) is 2.38. The minimum atomic E-state index is 0.0464. The number of phenolic OH excluding ortho intramolecular Hbond substituents is 1. The fraction of sp³-hybridized carbons (Fsp3) is 0.200. The third-order valence-corrected chi connectivity index (χ3v) is 4.54. The van der Waals surface area contributed by atoms with Gasteiger partial charge in [0.05, 0.1) is 9.72 Å². The van der Waals surface area contributed by atoms with Gasteiger partial charge in [-0.05, 0) is 25.5 Å². The zero-order valence-electron chi connectivity index (χ0n) is 7.69. The number of fused-ring (bicyclic) bond motifs is 1. The van der Waals surface area contributed by atoms with E-state index in [4.69, 9.17) is 23.2 Å². The van der Waals surface area contributed by atoms with E-state index >= 15 is 0 Å². The largest absolute Gasteiger partial charge is 0.506 e. The van der Waals surface area contributed by atoms with Gasteiger partial charge in [-0.15, -0.1) is 11.3 Å². The first kappa shape index (κ1) is 10.1. The van der Waals surface area contributed by atoms with E-state index in [2.05, 4.69) is 0 Å². The molecule has 4 heteroatoms. The first-order chi connectivity index (χ1) is 6.52. The molecule has 1 aromatic carbocycles. The van der Waals surface area contributed by atoms with Crippen molar-refractivity contribution in [2.75, 3.05) is 0 Å². The Balaban J connectivity index is 2.98. The van der Waals surface area contributed by atoms with Crippen LogP contribution in [0.3, 0.4) is 0 Å². The van der Waals surface area contributed by atoms with Gasteiger partial charge in [0.15, 0.2) is 0 Å². The van der Waals surface area contributed by atoms with Gasteiger partial charge in [-0.2, -0.15) is 0 Å². The lowest BCUT2D eigenvalue weighted by atomic mass is 10.1. The molecular weight excluding hydrogens is 239 g/mol. The van der Waals surface area contributed by atoms with E-state index in [9.17, 15) is 5.11 Å². The minimum Gasteiger partial charge on any atom is -0.506 e. The third-order valence-electron chi connectivity index (χ3n) is 2.33. The van der Waals surface area contributed by atoms with E-state index in [1.165, 1.54) is 4.88 Å². The molecule has 0 unspecified atom stereocenters. The van der Waals surface area contributed by atoms with Crippen LogP contribution >= 0.6 is 34.5 Å². The number of benzene rings is 1. The van der Waals surface area contributed by atoms with Crippen molar-refractivity contribution in [3.63, 3.8) is 0 Å². The van der Waals surface area contributed by atoms with Crippen molar-refractivity contribution in [2.24, 2.45) is 0 Å². The topological polar surface area (TPSA) is 20.2 Å². The number of rotatable bonds is 0. The Hall–Kier alpha value is -0.440. The lowest BCUT2D eigenvalue weighted by Gasteiger charge is -2.01. The summed E-state index contributed by atoms with van der Waals surface area (Å²) in [5.74, 6) is 0.0464. The summed E-state index contributed by atoms with van der Waals surface area (Å²) in [6, 6.07) is 1.67. The molecule has 74 valence electrons. The summed E-state index contributed by atoms with van der Waals surface area (Å²) in [5.41, 5.74) is 1.15. The summed E-state index contributed by atoms with van der Waals surface area (Å²) in [5, 5.41) is 11.2. The Morgan fingerprint density at radius 3 is 2.50 bits per heavy atom. The van der Waals surface area contributed by atoms with Gasteiger partial charge < -0.3 is 5.11 Å². The fourth-order valence-electron chi connectivity index (χ4n) is 1.39. The minimum absolute atomic E-state index is 0.0464. The van der Waals surface area contributed by atoms with Gasteiger partial charge in [-0.3, -0.25) is 0 Å². The van der Waals surface area contributed by atoms with Gasteiger partial charge in [0.2, 0.25) is 0 Å². The van der Waals surface area contributed by atoms with E-state index in [0.29, 0.717) is 5.02 Å². The van der Waals surface area contributed by atoms with Crippen LogP contribution in [-0.4, -0.2) is 5.11 Å². The van der Waals surface area contributed by atoms with Gasteiger partial charge in [0.1, 0.15) is 10.8 Å². The molecule has 0 fully saturated rings. The number of phenols is 1. The molecule has 0 atom stereocenters. The SMILES string of the molecule is Cc1sc2c(Cl)c(Cl)c(O)cc2c1C. The number of hydrogen-bond donors (Lipinski definition) is 1. The Morgan fingerprint density at radius 2 is 1.86 bits per heavy atom. The molecule has 0 amide bonds. The van der Waals surface area contributed by atoms with Gasteiger partial charge >= 0.3 is 0 Å². The summed E-state index contributed by atoms with van der Waals surface area (Å²) in [7, 11) is 0. The van der Waals surface area contributed by atoms with Crippen LogP contribution in [0.4, 0.5) is 0 Å². The fourth-order valence-corrected chi connectivity index (χ4v) is 3.00. The molecule has 0 saturated heterocycles. The number of aromatic hydroxyl groups is 1. The van der Waals surface area contributed by atoms with Crippen LogP contribution in [0.25, 0.3) is 10.1 Å². The highest BCUT2D eigenvalue weighted by Gasteiger charge is 2.14. The normalized spacial score (nSPS) is 11.1. The van der Waals surface area contributed by atoms with Crippen LogP contribution in [0, 0.1) is 13.8 Å². The summed E-state index contributed by atoms with van der Waals surface area (Å²) in [4.78, 5) is 1.20. The van der Waals surface area contributed by atoms with E-state index in [0.717, 1.165) is 15.6 Å². The number of halogens is 2. The Labute approximate surface area is 95.9 Å². The third kappa shape index (κ3) is 1.29. The Bertz CT molecular complexity index is 517. The maximum atomic E-state index is 9.52. The molecule has 14 heavy (non-hydrogen) atoms. The van der Waals surface area contributed by atoms with Gasteiger partial charge in [0.25, 0.3) is 0 Å². The molecule has 0 spiro atoms. The maximum Gasteiger partial charge on any atom is 0.136 e. The molecule has 1 N–H and O–H groups in total. The summed E-state index contributed by atoms with van der Waals surface area (Å²) in [6.45, 7) is 4.04. The van der Waals surface area contributed by atoms with Crippen molar-refractivity contribution in [3.8, 4) is 5.75 Å². The quantitative estimate of drug-likeness (QED) is 0.725. The van der Waals surface area contributed by atoms with Crippen molar-refractivity contribution >= 4 is 44.6 Å². The molecule has 0 saturated carbocycles. The van der Waals surface area contributed by atoms with Gasteiger partial charge in [-0.25, -0.2) is 0 Å². The van der Waals surface area contributed by atoms with Crippen molar-refractivity contribution < 1.29 is 5.11 Å². The van der Waals surface area contributed by atoms with Crippen LogP contribution in [0.15, 0.2) is 6.07 Å². The lowest BCUT2D eigenvalue weighted by Crippen LogP contribution is -1.74. The van der Waals surface area contributed by atoms with E-state index in [-0.39, 0.29) is 10.8 Å². The van der Waals surface area contributed by atoms with Crippen molar-refractivity contribution in [3.05, 3.63) is 26.6 Å². The highest BCUT2D eigenvalue weighted by Crippen LogP contribution is 2.43. The molecule has 1 nitrogen and oxygen atoms in total. The molecule has 2 rings (SSSR count). The lowest BCUT2D eigenvalue weighted by molar-refractivity contribution is 0.476. The monoisotopic (exact) mass is 246 g/mol. The second-order valence-corrected chi connectivity index (χ2v) is 5.16. The summed E-state index contributed by atoms with van der Waals surface area (Å²) >= 11 is 13.5. The van der Waals surface area contributed by atoms with Crippen LogP contribution < -0.4 is 0 Å². The molecule has 0 aliphatic heterocycles. The highest BCUT2D eigenvalue weighted by atomic mass is 35.5. The Morgan fingerprint density at radius 1 is 1.21 bits per heavy atom. The van der Waals surface area contributed by atoms with E-state index in [1.807, 2.05) is 13.8 Å². The van der Waals surface area contributed by atoms with Crippen LogP contribution in [0.1, 0.15) is 10.4 Å². The standard InChI is InChI=1S/C10H8Cl2OS/c1-4-5(2)14-10-6(4)3-7(13)8(11)9(10)12/h3,13H,1-2H3. The predicted molar refractivity (Wildman–Crippen MR) is 63.0 cm³/mol. The second-order valence-electron chi connectivity index (χ2n) is 3.18. The molecule has 0 radical (unpaired) electrons. The smallest absolute Gasteiger partial charge is 0.136 e. The molecule has 1 aromatic heterocycles. The van der Waals surface area contributed by atoms with Crippen molar-refractivity contribution in [2.45, 2.75) is 13.8 Å². The first-order valence-corrected chi connectivity index (χ1v) is 5.66. The highest BCUT2D eigenvalue weighted by molar-refractivity contribution is 7.20. The van der Waals surface area contributed by atoms with Crippen LogP contribution in [0.5, 0.6) is 5.75 Å². The molecule has 0 bridgehead atoms. The van der Waals surface area contributed by atoms with Crippen LogP contribution in [0.2, 0.25) is 10.0 Å². The summed E-state index contributed by atoms with van der Waals surface area (Å²) < 4.78 is 0.949. The molecule has 0 aliphatic carbocycles. The zero-order valence-corrected chi connectivity index (χ0v) is 10.0. The number of thiophene rings is 1. The average Bonchev–Trinajstić information content (AvgIpc) is 2.42. The molecule has 0 aliphatic rings. The molecule has 2 aromatic rings. The van der Waals surface area contributed by atoms with Crippen molar-refractivity contribution in [1.29, 1.82) is 0 Å². The maximum absolute atomic E-state index is 9.52. The zero-order chi connectivity index (χ0) is 10.5.